The fourth-order valence-electron chi connectivity index (χ4n) is 3.87. The summed E-state index contributed by atoms with van der Waals surface area (Å²) in [5.74, 6) is 0.0518. The molecule has 0 unspecified atom stereocenters. The zero-order valence-electron chi connectivity index (χ0n) is 21.7. The molecule has 2 amide bonds. The van der Waals surface area contributed by atoms with Crippen LogP contribution in [0, 0.1) is 17.2 Å². The number of nitrogen functional groups attached to an aromatic ring is 1. The first-order valence-corrected chi connectivity index (χ1v) is 12.5. The van der Waals surface area contributed by atoms with Gasteiger partial charge in [0.25, 0.3) is 0 Å². The number of hydrogen-bond donors (Lipinski definition) is 4. The maximum atomic E-state index is 12.8. The van der Waals surface area contributed by atoms with E-state index in [1.54, 1.807) is 66.7 Å². The van der Waals surface area contributed by atoms with Gasteiger partial charge in [0.1, 0.15) is 18.5 Å². The predicted octanol–water partition coefficient (Wildman–Crippen LogP) is 5.41. The maximum absolute atomic E-state index is 12.8. The van der Waals surface area contributed by atoms with Crippen molar-refractivity contribution >= 4 is 29.1 Å². The molecule has 3 aromatic carbocycles. The second kappa shape index (κ2) is 14.8. The molecular formula is C30H32N4O5. The summed E-state index contributed by atoms with van der Waals surface area (Å²) in [6.45, 7) is 1.89. The van der Waals surface area contributed by atoms with Crippen LogP contribution < -0.4 is 21.1 Å². The van der Waals surface area contributed by atoms with Crippen LogP contribution in [0.15, 0.2) is 84.9 Å². The van der Waals surface area contributed by atoms with Crippen LogP contribution in [0.5, 0.6) is 5.75 Å². The van der Waals surface area contributed by atoms with E-state index in [-0.39, 0.29) is 25.0 Å². The number of nitrogens with two attached hydrogens (primary N) is 1. The van der Waals surface area contributed by atoms with Crippen molar-refractivity contribution in [1.82, 2.24) is 0 Å². The minimum Gasteiger partial charge on any atom is -0.491 e. The number of carbonyl (C=O) groups is 2. The largest absolute Gasteiger partial charge is 0.491 e. The molecule has 0 radical (unpaired) electrons. The molecule has 3 aromatic rings. The Bertz CT molecular complexity index is 1320. The molecular weight excluding hydrogens is 496 g/mol. The lowest BCUT2D eigenvalue weighted by Crippen LogP contribution is -2.22. The Labute approximate surface area is 227 Å². The first-order valence-electron chi connectivity index (χ1n) is 12.5. The van der Waals surface area contributed by atoms with Crippen LogP contribution >= 0.6 is 0 Å². The van der Waals surface area contributed by atoms with Gasteiger partial charge in [-0.05, 0) is 67.3 Å². The van der Waals surface area contributed by atoms with Gasteiger partial charge in [-0.15, -0.1) is 0 Å². The highest BCUT2D eigenvalue weighted by molar-refractivity contribution is 6.01. The topological polar surface area (TPSA) is 147 Å². The molecule has 0 saturated carbocycles. The third kappa shape index (κ3) is 8.91. The van der Waals surface area contributed by atoms with Crippen LogP contribution in [-0.2, 0) is 9.53 Å². The molecule has 0 aromatic heterocycles. The van der Waals surface area contributed by atoms with Crippen molar-refractivity contribution in [3.8, 4) is 11.8 Å². The van der Waals surface area contributed by atoms with Crippen molar-refractivity contribution in [2.75, 3.05) is 29.6 Å². The SMILES string of the molecule is C[C@H](CC/C=C/C(=O)Nc1ccccc1N)[C@@H](OC(=O)Nc1ccc(C#N)cc1)c1ccccc1OCCO. The Morgan fingerprint density at radius 1 is 1.05 bits per heavy atom. The number of allylic oxidation sites excluding steroid dienone is 1. The standard InChI is InChI=1S/C30H32N4O5/c1-21(8-2-7-13-28(36)34-26-11-5-4-10-25(26)32)29(24-9-3-6-12-27(24)38-19-18-35)39-30(37)33-23-16-14-22(20-31)15-17-23/h3-7,9-17,21,29,35H,2,8,18-19,32H2,1H3,(H,33,37)(H,34,36)/b13-7+/t21-,29-/m1/s1. The molecule has 0 aliphatic carbocycles. The summed E-state index contributed by atoms with van der Waals surface area (Å²) >= 11 is 0. The summed E-state index contributed by atoms with van der Waals surface area (Å²) in [5.41, 5.74) is 8.52. The third-order valence-electron chi connectivity index (χ3n) is 5.86. The summed E-state index contributed by atoms with van der Waals surface area (Å²) in [5, 5.41) is 23.6. The molecule has 0 fully saturated rings. The van der Waals surface area contributed by atoms with E-state index in [4.69, 9.17) is 20.5 Å². The van der Waals surface area contributed by atoms with Gasteiger partial charge in [-0.3, -0.25) is 10.1 Å². The van der Waals surface area contributed by atoms with Gasteiger partial charge in [-0.1, -0.05) is 43.3 Å². The smallest absolute Gasteiger partial charge is 0.412 e. The molecule has 9 nitrogen and oxygen atoms in total. The highest BCUT2D eigenvalue weighted by Crippen LogP contribution is 2.35. The second-order valence-electron chi connectivity index (χ2n) is 8.78. The lowest BCUT2D eigenvalue weighted by Gasteiger charge is -2.26. The van der Waals surface area contributed by atoms with E-state index >= 15 is 0 Å². The van der Waals surface area contributed by atoms with Crippen LogP contribution in [0.2, 0.25) is 0 Å². The van der Waals surface area contributed by atoms with E-state index in [1.807, 2.05) is 25.1 Å². The molecule has 9 heteroatoms. The number of nitrogens with zero attached hydrogens (tertiary/aromatic N) is 1. The van der Waals surface area contributed by atoms with E-state index in [0.717, 1.165) is 0 Å². The minimum absolute atomic E-state index is 0.0966. The van der Waals surface area contributed by atoms with Crippen molar-refractivity contribution in [2.24, 2.45) is 5.92 Å². The maximum Gasteiger partial charge on any atom is 0.412 e. The number of ether oxygens (including phenoxy) is 2. The number of anilines is 3. The average Bonchev–Trinajstić information content (AvgIpc) is 2.94. The van der Waals surface area contributed by atoms with Crippen LogP contribution in [0.25, 0.3) is 0 Å². The molecule has 0 bridgehead atoms. The molecule has 0 aliphatic rings. The van der Waals surface area contributed by atoms with E-state index < -0.39 is 12.2 Å². The number of aliphatic hydroxyl groups is 1. The summed E-state index contributed by atoms with van der Waals surface area (Å²) in [7, 11) is 0. The van der Waals surface area contributed by atoms with E-state index in [2.05, 4.69) is 10.6 Å². The van der Waals surface area contributed by atoms with Gasteiger partial charge in [0.05, 0.1) is 29.6 Å². The number of nitriles is 1. The van der Waals surface area contributed by atoms with Crippen molar-refractivity contribution in [1.29, 1.82) is 5.26 Å². The average molecular weight is 529 g/mol. The zero-order valence-corrected chi connectivity index (χ0v) is 21.7. The zero-order chi connectivity index (χ0) is 28.0. The fraction of sp³-hybridized carbons (Fsp3) is 0.233. The third-order valence-corrected chi connectivity index (χ3v) is 5.86. The van der Waals surface area contributed by atoms with Crippen molar-refractivity contribution < 1.29 is 24.2 Å². The lowest BCUT2D eigenvalue weighted by atomic mass is 9.92. The van der Waals surface area contributed by atoms with Gasteiger partial charge in [-0.2, -0.15) is 5.26 Å². The fourth-order valence-corrected chi connectivity index (χ4v) is 3.87. The molecule has 39 heavy (non-hydrogen) atoms. The Balaban J connectivity index is 1.69. The Kier molecular flexibility index (Phi) is 10.9. The number of nitrogens with one attached hydrogen (secondary N) is 2. The van der Waals surface area contributed by atoms with E-state index in [9.17, 15) is 14.7 Å². The van der Waals surface area contributed by atoms with Crippen LogP contribution in [0.4, 0.5) is 21.9 Å². The molecule has 202 valence electrons. The highest BCUT2D eigenvalue weighted by atomic mass is 16.6. The number of para-hydroxylation sites is 3. The molecule has 0 spiro atoms. The highest BCUT2D eigenvalue weighted by Gasteiger charge is 2.26. The van der Waals surface area contributed by atoms with Gasteiger partial charge >= 0.3 is 6.09 Å². The summed E-state index contributed by atoms with van der Waals surface area (Å²) in [4.78, 5) is 25.1. The van der Waals surface area contributed by atoms with Crippen LogP contribution in [0.3, 0.4) is 0 Å². The minimum atomic E-state index is -0.676. The molecule has 0 aliphatic heterocycles. The van der Waals surface area contributed by atoms with Gasteiger partial charge < -0.3 is 25.6 Å². The molecule has 3 rings (SSSR count). The monoisotopic (exact) mass is 528 g/mol. The lowest BCUT2D eigenvalue weighted by molar-refractivity contribution is -0.111. The Morgan fingerprint density at radius 2 is 1.77 bits per heavy atom. The van der Waals surface area contributed by atoms with E-state index in [1.165, 1.54) is 6.08 Å². The molecule has 0 saturated heterocycles. The summed E-state index contributed by atoms with van der Waals surface area (Å²) in [6.07, 6.45) is 3.02. The Morgan fingerprint density at radius 3 is 2.49 bits per heavy atom. The van der Waals surface area contributed by atoms with Gasteiger partial charge in [0.15, 0.2) is 0 Å². The van der Waals surface area contributed by atoms with Crippen LogP contribution in [-0.4, -0.2) is 30.3 Å². The summed E-state index contributed by atoms with van der Waals surface area (Å²) < 4.78 is 11.6. The van der Waals surface area contributed by atoms with Crippen molar-refractivity contribution in [3.63, 3.8) is 0 Å². The number of hydrogen-bond acceptors (Lipinski definition) is 7. The van der Waals surface area contributed by atoms with E-state index in [0.29, 0.717) is 46.8 Å². The van der Waals surface area contributed by atoms with Gasteiger partial charge in [0.2, 0.25) is 5.91 Å². The Hall–Kier alpha value is -4.81. The number of benzene rings is 3. The number of amides is 2. The first kappa shape index (κ1) is 28.8. The normalized spacial score (nSPS) is 12.2. The second-order valence-corrected chi connectivity index (χ2v) is 8.78. The quantitative estimate of drug-likeness (QED) is 0.181. The van der Waals surface area contributed by atoms with Crippen molar-refractivity contribution in [3.05, 3.63) is 96.1 Å². The predicted molar refractivity (Wildman–Crippen MR) is 150 cm³/mol. The molecule has 5 N–H and O–H groups in total. The van der Waals surface area contributed by atoms with Crippen LogP contribution in [0.1, 0.15) is 37.0 Å². The number of aliphatic hydroxyl groups excluding tert-OH is 1. The van der Waals surface area contributed by atoms with Crippen molar-refractivity contribution in [2.45, 2.75) is 25.9 Å². The number of carbonyl (C=O) groups excluding carboxylic acids is 2. The van der Waals surface area contributed by atoms with Gasteiger partial charge in [-0.25, -0.2) is 4.79 Å². The molecule has 0 heterocycles. The summed E-state index contributed by atoms with van der Waals surface area (Å²) in [6, 6.07) is 22.7. The molecule has 2 atom stereocenters. The number of rotatable bonds is 12. The van der Waals surface area contributed by atoms with Gasteiger partial charge in [0, 0.05) is 11.3 Å². The first-order chi connectivity index (χ1) is 18.9.